The van der Waals surface area contributed by atoms with Gasteiger partial charge < -0.3 is 4.74 Å². The molecule has 1 aromatic heterocycles. The van der Waals surface area contributed by atoms with Crippen LogP contribution in [0.1, 0.15) is 27.8 Å². The maximum Gasteiger partial charge on any atom is 0.169 e. The van der Waals surface area contributed by atoms with Gasteiger partial charge in [-0.05, 0) is 11.6 Å². The number of benzene rings is 1. The van der Waals surface area contributed by atoms with Gasteiger partial charge in [-0.3, -0.25) is 4.79 Å². The summed E-state index contributed by atoms with van der Waals surface area (Å²) in [5.74, 6) is 1.51. The van der Waals surface area contributed by atoms with Crippen LogP contribution >= 0.6 is 0 Å². The average Bonchev–Trinajstić information content (AvgIpc) is 2.82. The topological polar surface area (TPSA) is 52.1 Å². The molecule has 0 spiro atoms. The number of rotatable bonds is 2. The van der Waals surface area contributed by atoms with E-state index in [1.54, 1.807) is 0 Å². The number of carbonyl (C=O) groups excluding carboxylic acids is 1. The third-order valence-electron chi connectivity index (χ3n) is 2.76. The molecule has 2 heterocycles. The van der Waals surface area contributed by atoms with E-state index in [1.165, 1.54) is 18.0 Å². The Morgan fingerprint density at radius 2 is 2.00 bits per heavy atom. The molecule has 4 nitrogen and oxygen atoms in total. The minimum Gasteiger partial charge on any atom is -0.482 e. The lowest BCUT2D eigenvalue weighted by Crippen LogP contribution is -2.08. The fraction of sp³-hybridized carbons (Fsp3) is 0.154. The first-order chi connectivity index (χ1) is 8.36. The largest absolute Gasteiger partial charge is 0.482 e. The molecule has 84 valence electrons. The van der Waals surface area contributed by atoms with E-state index in [9.17, 15) is 4.79 Å². The minimum absolute atomic E-state index is 0.145. The molecule has 1 unspecified atom stereocenters. The number of ether oxygens (including phenoxy) is 1. The predicted molar refractivity (Wildman–Crippen MR) is 60.9 cm³/mol. The van der Waals surface area contributed by atoms with E-state index in [0.29, 0.717) is 11.4 Å². The van der Waals surface area contributed by atoms with Gasteiger partial charge in [0.2, 0.25) is 0 Å². The van der Waals surface area contributed by atoms with Crippen LogP contribution in [0.15, 0.2) is 36.7 Å². The molecule has 1 aromatic carbocycles. The van der Waals surface area contributed by atoms with Crippen molar-refractivity contribution in [3.8, 4) is 5.75 Å². The molecule has 3 rings (SSSR count). The third kappa shape index (κ3) is 1.78. The third-order valence-corrected chi connectivity index (χ3v) is 2.76. The smallest absolute Gasteiger partial charge is 0.169 e. The van der Waals surface area contributed by atoms with Crippen molar-refractivity contribution in [2.45, 2.75) is 12.5 Å². The molecule has 1 aliphatic rings. The summed E-state index contributed by atoms with van der Waals surface area (Å²) in [5, 5.41) is 0. The van der Waals surface area contributed by atoms with Crippen LogP contribution in [0.3, 0.4) is 0 Å². The summed E-state index contributed by atoms with van der Waals surface area (Å²) in [7, 11) is 0. The molecule has 4 heteroatoms. The Kier molecular flexibility index (Phi) is 2.33. The first-order valence-electron chi connectivity index (χ1n) is 5.38. The van der Waals surface area contributed by atoms with Gasteiger partial charge in [0.1, 0.15) is 5.75 Å². The first kappa shape index (κ1) is 9.96. The summed E-state index contributed by atoms with van der Waals surface area (Å²) in [6.07, 6.45) is 4.39. The van der Waals surface area contributed by atoms with Crippen molar-refractivity contribution >= 4 is 6.29 Å². The van der Waals surface area contributed by atoms with Crippen LogP contribution in [0.4, 0.5) is 0 Å². The summed E-state index contributed by atoms with van der Waals surface area (Å²) < 4.78 is 5.75. The van der Waals surface area contributed by atoms with Crippen molar-refractivity contribution in [2.24, 2.45) is 0 Å². The molecule has 0 aliphatic carbocycles. The van der Waals surface area contributed by atoms with Gasteiger partial charge in [0, 0.05) is 18.8 Å². The highest BCUT2D eigenvalue weighted by Gasteiger charge is 2.25. The fourth-order valence-corrected chi connectivity index (χ4v) is 1.90. The molecule has 1 aliphatic heterocycles. The zero-order valence-corrected chi connectivity index (χ0v) is 9.04. The molecule has 0 bridgehead atoms. The van der Waals surface area contributed by atoms with Crippen LogP contribution in [0.2, 0.25) is 0 Å². The Hall–Kier alpha value is -2.23. The van der Waals surface area contributed by atoms with Gasteiger partial charge in [-0.2, -0.15) is 0 Å². The standard InChI is InChI=1S/C13H10N2O2/c16-8-9-6-14-13(15-7-9)12-5-10-3-1-2-4-11(10)17-12/h1-4,6-8,12H,5H2. The number of carbonyl (C=O) groups is 1. The zero-order valence-electron chi connectivity index (χ0n) is 9.04. The molecule has 0 saturated carbocycles. The first-order valence-corrected chi connectivity index (χ1v) is 5.38. The van der Waals surface area contributed by atoms with Crippen molar-refractivity contribution < 1.29 is 9.53 Å². The van der Waals surface area contributed by atoms with Crippen LogP contribution in [0, 0.1) is 0 Å². The molecule has 0 N–H and O–H groups in total. The van der Waals surface area contributed by atoms with Crippen molar-refractivity contribution in [2.75, 3.05) is 0 Å². The molecular formula is C13H10N2O2. The zero-order chi connectivity index (χ0) is 11.7. The van der Waals surface area contributed by atoms with Gasteiger partial charge in [-0.25, -0.2) is 9.97 Å². The number of aldehydes is 1. The lowest BCUT2D eigenvalue weighted by Gasteiger charge is -2.08. The van der Waals surface area contributed by atoms with Gasteiger partial charge in [0.05, 0.1) is 5.56 Å². The SMILES string of the molecule is O=Cc1cnc(C2Cc3ccccc3O2)nc1. The second-order valence-corrected chi connectivity index (χ2v) is 3.91. The highest BCUT2D eigenvalue weighted by Crippen LogP contribution is 2.34. The van der Waals surface area contributed by atoms with Gasteiger partial charge >= 0.3 is 0 Å². The van der Waals surface area contributed by atoms with E-state index in [4.69, 9.17) is 4.74 Å². The fourth-order valence-electron chi connectivity index (χ4n) is 1.90. The highest BCUT2D eigenvalue weighted by atomic mass is 16.5. The average molecular weight is 226 g/mol. The molecule has 0 saturated heterocycles. The maximum atomic E-state index is 10.5. The number of hydrogen-bond acceptors (Lipinski definition) is 4. The van der Waals surface area contributed by atoms with E-state index >= 15 is 0 Å². The van der Waals surface area contributed by atoms with Crippen LogP contribution in [0.25, 0.3) is 0 Å². The number of aromatic nitrogens is 2. The number of nitrogens with zero attached hydrogens (tertiary/aromatic N) is 2. The highest BCUT2D eigenvalue weighted by molar-refractivity contribution is 5.73. The lowest BCUT2D eigenvalue weighted by molar-refractivity contribution is 0.112. The van der Waals surface area contributed by atoms with E-state index < -0.39 is 0 Å². The van der Waals surface area contributed by atoms with Gasteiger partial charge in [-0.1, -0.05) is 18.2 Å². The minimum atomic E-state index is -0.145. The summed E-state index contributed by atoms with van der Waals surface area (Å²) in [4.78, 5) is 18.8. The number of fused-ring (bicyclic) bond motifs is 1. The van der Waals surface area contributed by atoms with Crippen molar-refractivity contribution in [1.82, 2.24) is 9.97 Å². The second kappa shape index (κ2) is 3.97. The lowest BCUT2D eigenvalue weighted by atomic mass is 10.1. The number of para-hydroxylation sites is 1. The van der Waals surface area contributed by atoms with Crippen LogP contribution < -0.4 is 4.74 Å². The predicted octanol–water partition coefficient (Wildman–Crippen LogP) is 1.97. The molecular weight excluding hydrogens is 216 g/mol. The maximum absolute atomic E-state index is 10.5. The van der Waals surface area contributed by atoms with Crippen molar-refractivity contribution in [3.05, 3.63) is 53.6 Å². The second-order valence-electron chi connectivity index (χ2n) is 3.91. The Bertz CT molecular complexity index is 527. The molecule has 17 heavy (non-hydrogen) atoms. The monoisotopic (exact) mass is 226 g/mol. The van der Waals surface area contributed by atoms with Crippen molar-refractivity contribution in [3.63, 3.8) is 0 Å². The summed E-state index contributed by atoms with van der Waals surface area (Å²) in [6.45, 7) is 0. The normalized spacial score (nSPS) is 17.3. The quantitative estimate of drug-likeness (QED) is 0.734. The van der Waals surface area contributed by atoms with Crippen molar-refractivity contribution in [1.29, 1.82) is 0 Å². The van der Waals surface area contributed by atoms with E-state index in [2.05, 4.69) is 9.97 Å². The summed E-state index contributed by atoms with van der Waals surface area (Å²) in [5.41, 5.74) is 1.64. The molecule has 2 aromatic rings. The Morgan fingerprint density at radius 1 is 1.24 bits per heavy atom. The molecule has 0 radical (unpaired) electrons. The Balaban J connectivity index is 1.86. The molecule has 0 fully saturated rings. The van der Waals surface area contributed by atoms with E-state index in [-0.39, 0.29) is 6.10 Å². The van der Waals surface area contributed by atoms with E-state index in [1.807, 2.05) is 24.3 Å². The Morgan fingerprint density at radius 3 is 2.71 bits per heavy atom. The molecule has 1 atom stereocenters. The van der Waals surface area contributed by atoms with Gasteiger partial charge in [-0.15, -0.1) is 0 Å². The van der Waals surface area contributed by atoms with Crippen LogP contribution in [-0.4, -0.2) is 16.3 Å². The summed E-state index contributed by atoms with van der Waals surface area (Å²) in [6, 6.07) is 7.91. The van der Waals surface area contributed by atoms with Gasteiger partial charge in [0.15, 0.2) is 18.2 Å². The Labute approximate surface area is 98.3 Å². The van der Waals surface area contributed by atoms with Gasteiger partial charge in [0.25, 0.3) is 0 Å². The molecule has 0 amide bonds. The number of hydrogen-bond donors (Lipinski definition) is 0. The summed E-state index contributed by atoms with van der Waals surface area (Å²) >= 11 is 0. The van der Waals surface area contributed by atoms with E-state index in [0.717, 1.165) is 18.5 Å². The van der Waals surface area contributed by atoms with Crippen LogP contribution in [-0.2, 0) is 6.42 Å². The van der Waals surface area contributed by atoms with Crippen LogP contribution in [0.5, 0.6) is 5.75 Å².